The summed E-state index contributed by atoms with van der Waals surface area (Å²) in [5, 5.41) is 14.0. The van der Waals surface area contributed by atoms with Crippen LogP contribution in [0.25, 0.3) is 0 Å². The lowest BCUT2D eigenvalue weighted by Crippen LogP contribution is -2.53. The van der Waals surface area contributed by atoms with E-state index >= 15 is 0 Å². The van der Waals surface area contributed by atoms with Gasteiger partial charge in [0.1, 0.15) is 18.4 Å². The number of sulfonamides is 1. The second-order valence-electron chi connectivity index (χ2n) is 9.85. The van der Waals surface area contributed by atoms with E-state index in [2.05, 4.69) is 5.32 Å². The van der Waals surface area contributed by atoms with Gasteiger partial charge >= 0.3 is 0 Å². The monoisotopic (exact) mass is 618 g/mol. The maximum Gasteiger partial charge on any atom is 0.269 e. The molecule has 0 saturated heterocycles. The van der Waals surface area contributed by atoms with Gasteiger partial charge in [0.2, 0.25) is 11.8 Å². The Balaban J connectivity index is 1.79. The molecule has 228 valence electrons. The molecule has 4 aromatic carbocycles. The quantitative estimate of drug-likeness (QED) is 0.171. The van der Waals surface area contributed by atoms with Gasteiger partial charge in [0.25, 0.3) is 15.7 Å². The van der Waals surface area contributed by atoms with E-state index < -0.39 is 45.2 Å². The Morgan fingerprint density at radius 1 is 0.864 bits per heavy atom. The predicted octanol–water partition coefficient (Wildman–Crippen LogP) is 4.71. The van der Waals surface area contributed by atoms with Crippen LogP contribution < -0.4 is 9.62 Å². The Hall–Kier alpha value is -5.10. The zero-order valence-corrected chi connectivity index (χ0v) is 24.7. The van der Waals surface area contributed by atoms with Gasteiger partial charge in [-0.3, -0.25) is 24.0 Å². The van der Waals surface area contributed by atoms with E-state index in [1.807, 2.05) is 18.2 Å². The second kappa shape index (κ2) is 14.4. The summed E-state index contributed by atoms with van der Waals surface area (Å²) in [5.74, 6) is -1.63. The zero-order chi connectivity index (χ0) is 31.7. The Labute approximate surface area is 254 Å². The number of nitrogens with zero attached hydrogens (tertiary/aromatic N) is 3. The fourth-order valence-electron chi connectivity index (χ4n) is 4.62. The van der Waals surface area contributed by atoms with Crippen molar-refractivity contribution in [1.82, 2.24) is 10.2 Å². The molecule has 0 bridgehead atoms. The average molecular weight is 619 g/mol. The SMILES string of the molecule is CCNC(=O)[C@H](Cc1ccccc1)N(Cc1ccc(F)cc1)C(=O)CN(c1ccc([N+](=O)[O-])cc1)S(=O)(=O)c1ccccc1. The molecule has 0 aliphatic rings. The lowest BCUT2D eigenvalue weighted by Gasteiger charge is -2.33. The molecule has 0 fully saturated rings. The van der Waals surface area contributed by atoms with E-state index in [1.54, 1.807) is 25.1 Å². The highest BCUT2D eigenvalue weighted by atomic mass is 32.2. The summed E-state index contributed by atoms with van der Waals surface area (Å²) >= 11 is 0. The Bertz CT molecular complexity index is 1690. The number of likely N-dealkylation sites (N-methyl/N-ethyl adjacent to an activating group) is 1. The van der Waals surface area contributed by atoms with E-state index in [0.717, 1.165) is 22.0 Å². The Morgan fingerprint density at radius 3 is 2.02 bits per heavy atom. The minimum atomic E-state index is -4.34. The van der Waals surface area contributed by atoms with Crippen molar-refractivity contribution in [3.05, 3.63) is 136 Å². The molecule has 2 amide bonds. The van der Waals surface area contributed by atoms with Gasteiger partial charge in [-0.2, -0.15) is 0 Å². The minimum Gasteiger partial charge on any atom is -0.355 e. The molecule has 1 atom stereocenters. The third-order valence-corrected chi connectivity index (χ3v) is 8.63. The van der Waals surface area contributed by atoms with E-state index in [4.69, 9.17) is 0 Å². The molecule has 10 nitrogen and oxygen atoms in total. The van der Waals surface area contributed by atoms with Crippen molar-refractivity contribution in [3.8, 4) is 0 Å². The number of carbonyl (C=O) groups is 2. The van der Waals surface area contributed by atoms with Crippen molar-refractivity contribution in [1.29, 1.82) is 0 Å². The fraction of sp³-hybridized carbons (Fsp3) is 0.188. The van der Waals surface area contributed by atoms with Crippen molar-refractivity contribution in [2.24, 2.45) is 0 Å². The maximum absolute atomic E-state index is 14.2. The molecule has 0 heterocycles. The Morgan fingerprint density at radius 2 is 1.45 bits per heavy atom. The van der Waals surface area contributed by atoms with Crippen molar-refractivity contribution in [3.63, 3.8) is 0 Å². The first-order valence-electron chi connectivity index (χ1n) is 13.8. The first-order valence-corrected chi connectivity index (χ1v) is 15.2. The average Bonchev–Trinajstić information content (AvgIpc) is 3.03. The lowest BCUT2D eigenvalue weighted by atomic mass is 10.0. The van der Waals surface area contributed by atoms with Crippen LogP contribution in [0, 0.1) is 15.9 Å². The molecule has 0 unspecified atom stereocenters. The number of nitro groups is 1. The van der Waals surface area contributed by atoms with Crippen LogP contribution in [-0.4, -0.2) is 49.2 Å². The Kier molecular flexibility index (Phi) is 10.4. The molecular weight excluding hydrogens is 587 g/mol. The predicted molar refractivity (Wildman–Crippen MR) is 164 cm³/mol. The van der Waals surface area contributed by atoms with Gasteiger partial charge in [0.15, 0.2) is 0 Å². The molecule has 4 rings (SSSR count). The van der Waals surface area contributed by atoms with Crippen LogP contribution in [0.4, 0.5) is 15.8 Å². The lowest BCUT2D eigenvalue weighted by molar-refractivity contribution is -0.384. The van der Waals surface area contributed by atoms with Gasteiger partial charge in [-0.15, -0.1) is 0 Å². The summed E-state index contributed by atoms with van der Waals surface area (Å²) in [6, 6.07) is 25.7. The number of hydrogen-bond donors (Lipinski definition) is 1. The van der Waals surface area contributed by atoms with Gasteiger partial charge in [0.05, 0.1) is 15.5 Å². The number of amides is 2. The van der Waals surface area contributed by atoms with Crippen molar-refractivity contribution < 1.29 is 27.3 Å². The normalized spacial score (nSPS) is 11.8. The van der Waals surface area contributed by atoms with Crippen LogP contribution in [0.1, 0.15) is 18.1 Å². The third-order valence-electron chi connectivity index (χ3n) is 6.85. The van der Waals surface area contributed by atoms with Crippen molar-refractivity contribution >= 4 is 33.2 Å². The number of nitrogens with one attached hydrogen (secondary N) is 1. The number of nitro benzene ring substituents is 1. The molecule has 0 aliphatic carbocycles. The molecular formula is C32H31FN4O6S. The zero-order valence-electron chi connectivity index (χ0n) is 23.9. The maximum atomic E-state index is 14.2. The van der Waals surface area contributed by atoms with E-state index in [-0.39, 0.29) is 29.2 Å². The molecule has 0 radical (unpaired) electrons. The highest BCUT2D eigenvalue weighted by Crippen LogP contribution is 2.27. The fourth-order valence-corrected chi connectivity index (χ4v) is 6.06. The van der Waals surface area contributed by atoms with Crippen LogP contribution >= 0.6 is 0 Å². The molecule has 0 saturated carbocycles. The molecule has 1 N–H and O–H groups in total. The van der Waals surface area contributed by atoms with Crippen molar-refractivity contribution in [2.45, 2.75) is 30.8 Å². The second-order valence-corrected chi connectivity index (χ2v) is 11.7. The molecule has 0 aliphatic heterocycles. The first kappa shape index (κ1) is 31.8. The topological polar surface area (TPSA) is 130 Å². The molecule has 44 heavy (non-hydrogen) atoms. The van der Waals surface area contributed by atoms with Gasteiger partial charge in [-0.05, 0) is 54.4 Å². The van der Waals surface area contributed by atoms with Gasteiger partial charge in [-0.25, -0.2) is 12.8 Å². The van der Waals surface area contributed by atoms with Gasteiger partial charge in [0, 0.05) is 31.6 Å². The smallest absolute Gasteiger partial charge is 0.269 e. The summed E-state index contributed by atoms with van der Waals surface area (Å²) in [5.41, 5.74) is 1.06. The number of hydrogen-bond acceptors (Lipinski definition) is 6. The summed E-state index contributed by atoms with van der Waals surface area (Å²) in [6.45, 7) is 1.19. The standard InChI is InChI=1S/C32H31FN4O6S/c1-2-34-32(39)30(21-24-9-5-3-6-10-24)35(22-25-13-15-26(33)16-14-25)31(38)23-36(27-17-19-28(20-18-27)37(40)41)44(42,43)29-11-7-4-8-12-29/h3-20,30H,2,21-23H2,1H3,(H,34,39)/t30-/m0/s1. The number of halogens is 1. The number of carbonyl (C=O) groups excluding carboxylic acids is 2. The van der Waals surface area contributed by atoms with Crippen LogP contribution in [0.15, 0.2) is 114 Å². The van der Waals surface area contributed by atoms with Crippen LogP contribution in [0.5, 0.6) is 0 Å². The highest BCUT2D eigenvalue weighted by molar-refractivity contribution is 7.92. The number of rotatable bonds is 13. The van der Waals surface area contributed by atoms with E-state index in [0.29, 0.717) is 12.1 Å². The van der Waals surface area contributed by atoms with Crippen LogP contribution in [0.2, 0.25) is 0 Å². The molecule has 0 spiro atoms. The highest BCUT2D eigenvalue weighted by Gasteiger charge is 2.34. The summed E-state index contributed by atoms with van der Waals surface area (Å²) in [7, 11) is -4.34. The number of anilines is 1. The first-order chi connectivity index (χ1) is 21.1. The van der Waals surface area contributed by atoms with Crippen LogP contribution in [-0.2, 0) is 32.6 Å². The molecule has 0 aromatic heterocycles. The largest absolute Gasteiger partial charge is 0.355 e. The van der Waals surface area contributed by atoms with Gasteiger partial charge in [-0.1, -0.05) is 60.7 Å². The van der Waals surface area contributed by atoms with E-state index in [9.17, 15) is 32.5 Å². The summed E-state index contributed by atoms with van der Waals surface area (Å²) < 4.78 is 42.4. The molecule has 12 heteroatoms. The van der Waals surface area contributed by atoms with Gasteiger partial charge < -0.3 is 10.2 Å². The number of benzene rings is 4. The minimum absolute atomic E-state index is 0.0205. The van der Waals surface area contributed by atoms with E-state index in [1.165, 1.54) is 65.6 Å². The van der Waals surface area contributed by atoms with Crippen molar-refractivity contribution in [2.75, 3.05) is 17.4 Å². The molecule has 4 aromatic rings. The van der Waals surface area contributed by atoms with Crippen LogP contribution in [0.3, 0.4) is 0 Å². The third kappa shape index (κ3) is 7.84. The number of non-ortho nitro benzene ring substituents is 1. The summed E-state index contributed by atoms with van der Waals surface area (Å²) in [6.07, 6.45) is 0.128. The summed E-state index contributed by atoms with van der Waals surface area (Å²) in [4.78, 5) is 39.5.